The van der Waals surface area contributed by atoms with Gasteiger partial charge >= 0.3 is 0 Å². The van der Waals surface area contributed by atoms with Crippen LogP contribution in [0.4, 0.5) is 17.2 Å². The molecule has 0 unspecified atom stereocenters. The molecule has 146 valence electrons. The molecule has 2 aromatic heterocycles. The molecule has 0 spiro atoms. The second kappa shape index (κ2) is 7.52. The molecule has 1 aliphatic heterocycles. The van der Waals surface area contributed by atoms with E-state index in [0.717, 1.165) is 54.3 Å². The van der Waals surface area contributed by atoms with Gasteiger partial charge in [-0.2, -0.15) is 5.10 Å². The molecule has 29 heavy (non-hydrogen) atoms. The minimum atomic E-state index is 0.677. The van der Waals surface area contributed by atoms with Gasteiger partial charge < -0.3 is 15.1 Å². The van der Waals surface area contributed by atoms with E-state index in [4.69, 9.17) is 4.98 Å². The molecule has 0 radical (unpaired) electrons. The van der Waals surface area contributed by atoms with Crippen LogP contribution in [0.1, 0.15) is 0 Å². The van der Waals surface area contributed by atoms with Crippen molar-refractivity contribution in [1.82, 2.24) is 25.1 Å². The highest BCUT2D eigenvalue weighted by Gasteiger charge is 2.15. The molecule has 7 heteroatoms. The maximum absolute atomic E-state index is 4.75. The average Bonchev–Trinajstić information content (AvgIpc) is 3.25. The molecule has 0 bridgehead atoms. The maximum atomic E-state index is 4.75. The second-order valence-electron chi connectivity index (χ2n) is 7.35. The largest absolute Gasteiger partial charge is 0.369 e. The van der Waals surface area contributed by atoms with E-state index in [1.54, 1.807) is 6.20 Å². The van der Waals surface area contributed by atoms with E-state index in [0.29, 0.717) is 5.82 Å². The summed E-state index contributed by atoms with van der Waals surface area (Å²) in [6.07, 6.45) is 1.73. The van der Waals surface area contributed by atoms with E-state index < -0.39 is 0 Å². The number of piperazine rings is 1. The SMILES string of the molecule is CN1CCN(c2ccc(Nc3nc(-c4ccccc4)nc4cn[nH]c34)cc2)CC1. The van der Waals surface area contributed by atoms with Gasteiger partial charge in [0.2, 0.25) is 0 Å². The first-order valence-corrected chi connectivity index (χ1v) is 9.83. The third kappa shape index (κ3) is 3.64. The topological polar surface area (TPSA) is 73.0 Å². The van der Waals surface area contributed by atoms with Gasteiger partial charge in [-0.25, -0.2) is 9.97 Å². The smallest absolute Gasteiger partial charge is 0.162 e. The number of nitrogens with one attached hydrogen (secondary N) is 2. The molecular formula is C22H23N7. The van der Waals surface area contributed by atoms with Gasteiger partial charge in [0.1, 0.15) is 11.0 Å². The highest BCUT2D eigenvalue weighted by molar-refractivity contribution is 5.88. The molecule has 0 amide bonds. The summed E-state index contributed by atoms with van der Waals surface area (Å²) in [5.74, 6) is 1.40. The molecule has 5 rings (SSSR count). The summed E-state index contributed by atoms with van der Waals surface area (Å²) >= 11 is 0. The Bertz CT molecular complexity index is 1100. The van der Waals surface area contributed by atoms with E-state index >= 15 is 0 Å². The fourth-order valence-corrected chi connectivity index (χ4v) is 3.60. The Labute approximate surface area is 169 Å². The molecule has 0 aliphatic carbocycles. The monoisotopic (exact) mass is 385 g/mol. The molecule has 2 aromatic carbocycles. The second-order valence-corrected chi connectivity index (χ2v) is 7.35. The van der Waals surface area contributed by atoms with E-state index in [2.05, 4.69) is 61.6 Å². The van der Waals surface area contributed by atoms with Crippen molar-refractivity contribution in [1.29, 1.82) is 0 Å². The fraction of sp³-hybridized carbons (Fsp3) is 0.227. The van der Waals surface area contributed by atoms with Gasteiger partial charge in [0.25, 0.3) is 0 Å². The highest BCUT2D eigenvalue weighted by atomic mass is 15.2. The van der Waals surface area contributed by atoms with Crippen molar-refractivity contribution in [3.8, 4) is 11.4 Å². The van der Waals surface area contributed by atoms with Crippen LogP contribution in [0.5, 0.6) is 0 Å². The number of hydrogen-bond donors (Lipinski definition) is 2. The van der Waals surface area contributed by atoms with Gasteiger partial charge in [-0.15, -0.1) is 0 Å². The lowest BCUT2D eigenvalue weighted by molar-refractivity contribution is 0.313. The number of rotatable bonds is 4. The van der Waals surface area contributed by atoms with Crippen LogP contribution < -0.4 is 10.2 Å². The quantitative estimate of drug-likeness (QED) is 0.560. The number of nitrogens with zero attached hydrogens (tertiary/aromatic N) is 5. The Morgan fingerprint density at radius 2 is 1.66 bits per heavy atom. The minimum Gasteiger partial charge on any atom is -0.369 e. The van der Waals surface area contributed by atoms with Crippen LogP contribution in [0, 0.1) is 0 Å². The Morgan fingerprint density at radius 1 is 0.897 bits per heavy atom. The zero-order valence-corrected chi connectivity index (χ0v) is 16.3. The first-order chi connectivity index (χ1) is 14.3. The summed E-state index contributed by atoms with van der Waals surface area (Å²) < 4.78 is 0. The molecule has 1 fully saturated rings. The van der Waals surface area contributed by atoms with Crippen molar-refractivity contribution in [2.45, 2.75) is 0 Å². The van der Waals surface area contributed by atoms with Gasteiger partial charge in [-0.05, 0) is 31.3 Å². The van der Waals surface area contributed by atoms with Crippen molar-refractivity contribution >= 4 is 28.2 Å². The van der Waals surface area contributed by atoms with Crippen molar-refractivity contribution < 1.29 is 0 Å². The predicted molar refractivity (Wildman–Crippen MR) is 117 cm³/mol. The Hall–Kier alpha value is -3.45. The molecule has 2 N–H and O–H groups in total. The Morgan fingerprint density at radius 3 is 2.41 bits per heavy atom. The third-order valence-corrected chi connectivity index (χ3v) is 5.33. The molecule has 1 saturated heterocycles. The van der Waals surface area contributed by atoms with Crippen LogP contribution in [0.2, 0.25) is 0 Å². The van der Waals surface area contributed by atoms with Crippen molar-refractivity contribution in [3.63, 3.8) is 0 Å². The Balaban J connectivity index is 1.42. The zero-order valence-electron chi connectivity index (χ0n) is 16.3. The number of H-pyrrole nitrogens is 1. The van der Waals surface area contributed by atoms with Crippen LogP contribution >= 0.6 is 0 Å². The maximum Gasteiger partial charge on any atom is 0.162 e. The van der Waals surface area contributed by atoms with Crippen LogP contribution in [-0.4, -0.2) is 58.3 Å². The summed E-state index contributed by atoms with van der Waals surface area (Å²) in [5.41, 5.74) is 4.80. The molecule has 7 nitrogen and oxygen atoms in total. The minimum absolute atomic E-state index is 0.677. The number of benzene rings is 2. The lowest BCUT2D eigenvalue weighted by atomic mass is 10.2. The lowest BCUT2D eigenvalue weighted by Gasteiger charge is -2.34. The summed E-state index contributed by atoms with van der Waals surface area (Å²) in [7, 11) is 2.17. The third-order valence-electron chi connectivity index (χ3n) is 5.33. The molecular weight excluding hydrogens is 362 g/mol. The van der Waals surface area contributed by atoms with E-state index in [9.17, 15) is 0 Å². The first kappa shape index (κ1) is 17.6. The number of aromatic amines is 1. The van der Waals surface area contributed by atoms with Crippen LogP contribution in [0.25, 0.3) is 22.4 Å². The highest BCUT2D eigenvalue weighted by Crippen LogP contribution is 2.27. The molecule has 3 heterocycles. The fourth-order valence-electron chi connectivity index (χ4n) is 3.60. The van der Waals surface area contributed by atoms with Crippen molar-refractivity contribution in [3.05, 3.63) is 60.8 Å². The standard InChI is InChI=1S/C22H23N7/c1-28-11-13-29(14-12-28)18-9-7-17(8-10-18)24-22-20-19(15-23-27-20)25-21(26-22)16-5-3-2-4-6-16/h2-10,15H,11-14H2,1H3,(H,23,27)(H,24,25,26). The van der Waals surface area contributed by atoms with Crippen molar-refractivity contribution in [2.75, 3.05) is 43.4 Å². The number of fused-ring (bicyclic) bond motifs is 1. The van der Waals surface area contributed by atoms with Crippen LogP contribution in [0.15, 0.2) is 60.8 Å². The van der Waals surface area contributed by atoms with Crippen LogP contribution in [0.3, 0.4) is 0 Å². The van der Waals surface area contributed by atoms with Gasteiger partial charge in [0.15, 0.2) is 11.6 Å². The molecule has 1 aliphatic rings. The van der Waals surface area contributed by atoms with Gasteiger partial charge in [-0.3, -0.25) is 5.10 Å². The average molecular weight is 385 g/mol. The number of likely N-dealkylation sites (N-methyl/N-ethyl adjacent to an activating group) is 1. The van der Waals surface area contributed by atoms with E-state index in [1.165, 1.54) is 5.69 Å². The normalized spacial score (nSPS) is 15.0. The molecule has 0 saturated carbocycles. The van der Waals surface area contributed by atoms with Gasteiger partial charge in [0, 0.05) is 43.1 Å². The summed E-state index contributed by atoms with van der Waals surface area (Å²) in [6, 6.07) is 18.5. The summed E-state index contributed by atoms with van der Waals surface area (Å²) in [5, 5.41) is 10.6. The van der Waals surface area contributed by atoms with Gasteiger partial charge in [0.05, 0.1) is 6.20 Å². The van der Waals surface area contributed by atoms with Gasteiger partial charge in [-0.1, -0.05) is 30.3 Å². The van der Waals surface area contributed by atoms with Crippen molar-refractivity contribution in [2.24, 2.45) is 0 Å². The van der Waals surface area contributed by atoms with Crippen LogP contribution in [-0.2, 0) is 0 Å². The Kier molecular flexibility index (Phi) is 4.57. The predicted octanol–water partition coefficient (Wildman–Crippen LogP) is 3.52. The number of anilines is 3. The van der Waals surface area contributed by atoms with E-state index in [1.807, 2.05) is 30.3 Å². The molecule has 0 atom stereocenters. The number of hydrogen-bond acceptors (Lipinski definition) is 6. The number of aromatic nitrogens is 4. The lowest BCUT2D eigenvalue weighted by Crippen LogP contribution is -2.44. The zero-order chi connectivity index (χ0) is 19.6. The van der Waals surface area contributed by atoms with E-state index in [-0.39, 0.29) is 0 Å². The molecule has 4 aromatic rings. The summed E-state index contributed by atoms with van der Waals surface area (Å²) in [6.45, 7) is 4.32. The first-order valence-electron chi connectivity index (χ1n) is 9.83. The summed E-state index contributed by atoms with van der Waals surface area (Å²) in [4.78, 5) is 14.2.